The molecule has 0 heterocycles. The second-order valence-electron chi connectivity index (χ2n) is 15.0. The summed E-state index contributed by atoms with van der Waals surface area (Å²) in [4.78, 5) is 29.6. The second kappa shape index (κ2) is 10.1. The van der Waals surface area contributed by atoms with Crippen molar-refractivity contribution < 1.29 is 19.8 Å². The maximum absolute atomic E-state index is 14.5. The largest absolute Gasteiger partial charge is 0.393 e. The van der Waals surface area contributed by atoms with Crippen LogP contribution in [0.25, 0.3) is 0 Å². The zero-order valence-corrected chi connectivity index (χ0v) is 26.2. The van der Waals surface area contributed by atoms with Gasteiger partial charge in [0, 0.05) is 40.0 Å². The number of urea groups is 1. The van der Waals surface area contributed by atoms with E-state index in [0.717, 1.165) is 44.1 Å². The Morgan fingerprint density at radius 1 is 1.00 bits per heavy atom. The van der Waals surface area contributed by atoms with E-state index in [-0.39, 0.29) is 46.6 Å². The number of Topliss-reactive ketones (excluding diaryl/α,β-unsaturated/α-hetero) is 1. The summed E-state index contributed by atoms with van der Waals surface area (Å²) in [5.41, 5.74) is -0.829. The Morgan fingerprint density at radius 3 is 2.36 bits per heavy atom. The molecule has 42 heavy (non-hydrogen) atoms. The molecule has 1 aromatic rings. The van der Waals surface area contributed by atoms with Crippen molar-refractivity contribution >= 4 is 11.8 Å². The molecule has 0 radical (unpaired) electrons. The van der Waals surface area contributed by atoms with Crippen LogP contribution in [0, 0.1) is 33.5 Å². The van der Waals surface area contributed by atoms with Crippen molar-refractivity contribution in [2.24, 2.45) is 33.5 Å². The molecule has 7 rings (SSSR count). The molecule has 2 bridgehead atoms. The van der Waals surface area contributed by atoms with Crippen LogP contribution in [-0.2, 0) is 0 Å². The highest BCUT2D eigenvalue weighted by Gasteiger charge is 2.74. The van der Waals surface area contributed by atoms with E-state index in [1.807, 2.05) is 49.1 Å². The Hall–Kier alpha value is -2.44. The molecule has 1 unspecified atom stereocenters. The molecule has 0 aliphatic heterocycles. The topological polar surface area (TPSA) is 89.9 Å². The number of hydrogen-bond acceptors (Lipinski definition) is 4. The molecule has 6 aliphatic carbocycles. The number of rotatable bonds is 7. The third-order valence-corrected chi connectivity index (χ3v) is 12.6. The van der Waals surface area contributed by atoms with Gasteiger partial charge in [-0.15, -0.1) is 0 Å². The standard InChI is InChI=1S/C36H50N2O4/c1-6-20-38(31(41)37-24(2)3)23-35(42)17-14-29-33(35,5)16-13-28-32(4)15-12-26(39)21-34(32)18-19-36(28,29)27(22-34)30(40)25-10-8-7-9-11-25/h7-11,18-19,22,24,26,28-29,39,42H,6,12-17,20-21,23H2,1-5H3,(H,37,41)/t26?,28-,29-,32-,33+,34+,35-,36-/m1/s1. The number of allylic oxidation sites excluding steroid dienone is 4. The highest BCUT2D eigenvalue weighted by Crippen LogP contribution is 2.78. The number of amides is 2. The van der Waals surface area contributed by atoms with Crippen LogP contribution in [0.15, 0.2) is 54.1 Å². The molecule has 3 fully saturated rings. The molecule has 2 spiro atoms. The molecule has 228 valence electrons. The van der Waals surface area contributed by atoms with E-state index in [4.69, 9.17) is 0 Å². The zero-order chi connectivity index (χ0) is 30.1. The number of nitrogens with one attached hydrogen (secondary N) is 1. The normalized spacial score (nSPS) is 41.5. The maximum atomic E-state index is 14.5. The van der Waals surface area contributed by atoms with Gasteiger partial charge in [-0.05, 0) is 82.5 Å². The van der Waals surface area contributed by atoms with Crippen LogP contribution >= 0.6 is 0 Å². The maximum Gasteiger partial charge on any atom is 0.317 e. The van der Waals surface area contributed by atoms with Crippen LogP contribution in [0.5, 0.6) is 0 Å². The highest BCUT2D eigenvalue weighted by molar-refractivity contribution is 6.10. The van der Waals surface area contributed by atoms with Gasteiger partial charge in [-0.3, -0.25) is 4.79 Å². The lowest BCUT2D eigenvalue weighted by atomic mass is 9.32. The molecular weight excluding hydrogens is 524 g/mol. The fourth-order valence-electron chi connectivity index (χ4n) is 10.5. The lowest BCUT2D eigenvalue weighted by molar-refractivity contribution is -0.174. The smallest absolute Gasteiger partial charge is 0.317 e. The van der Waals surface area contributed by atoms with Gasteiger partial charge < -0.3 is 20.4 Å². The van der Waals surface area contributed by atoms with Gasteiger partial charge in [0.2, 0.25) is 0 Å². The van der Waals surface area contributed by atoms with Crippen molar-refractivity contribution in [2.75, 3.05) is 13.1 Å². The van der Waals surface area contributed by atoms with Crippen LogP contribution in [-0.4, -0.2) is 57.8 Å². The Balaban J connectivity index is 1.45. The number of benzene rings is 1. The van der Waals surface area contributed by atoms with E-state index in [1.165, 1.54) is 0 Å². The fourth-order valence-corrected chi connectivity index (χ4v) is 10.5. The van der Waals surface area contributed by atoms with Crippen molar-refractivity contribution in [1.82, 2.24) is 10.2 Å². The molecule has 6 aliphatic rings. The summed E-state index contributed by atoms with van der Waals surface area (Å²) in [7, 11) is 0. The van der Waals surface area contributed by atoms with Gasteiger partial charge >= 0.3 is 6.03 Å². The number of ketones is 1. The summed E-state index contributed by atoms with van der Waals surface area (Å²) in [5, 5.41) is 26.6. The van der Waals surface area contributed by atoms with Crippen molar-refractivity contribution in [3.8, 4) is 0 Å². The minimum absolute atomic E-state index is 0.0223. The van der Waals surface area contributed by atoms with Gasteiger partial charge in [-0.25, -0.2) is 4.79 Å². The van der Waals surface area contributed by atoms with E-state index in [1.54, 1.807) is 0 Å². The molecular formula is C36H50N2O4. The lowest BCUT2D eigenvalue weighted by Crippen LogP contribution is -2.67. The first-order valence-corrected chi connectivity index (χ1v) is 16.4. The number of nitrogens with zero attached hydrogens (tertiary/aromatic N) is 1. The lowest BCUT2D eigenvalue weighted by Gasteiger charge is -2.71. The summed E-state index contributed by atoms with van der Waals surface area (Å²) in [6, 6.07) is 9.53. The third-order valence-electron chi connectivity index (χ3n) is 12.6. The van der Waals surface area contributed by atoms with Crippen LogP contribution in [0.1, 0.15) is 96.3 Å². The van der Waals surface area contributed by atoms with Gasteiger partial charge in [0.1, 0.15) is 0 Å². The molecule has 3 N–H and O–H groups in total. The summed E-state index contributed by atoms with van der Waals surface area (Å²) in [6.45, 7) is 11.5. The fraction of sp³-hybridized carbons (Fsp3) is 0.667. The average molecular weight is 575 g/mol. The quantitative estimate of drug-likeness (QED) is 0.264. The van der Waals surface area contributed by atoms with Gasteiger partial charge in [0.15, 0.2) is 5.78 Å². The number of hydrogen-bond donors (Lipinski definition) is 3. The summed E-state index contributed by atoms with van der Waals surface area (Å²) in [5.74, 6) is 0.407. The SMILES string of the molecule is CCCN(C[C@]1(O)CC[C@H]2[C@]34C=C[C@@]5(C=C3C(=O)c3ccccc3)CC(O)CC[C@]5(C)[C@H]4CC[C@@]21C)C(=O)NC(C)C. The first kappa shape index (κ1) is 29.6. The molecule has 1 aromatic carbocycles. The van der Waals surface area contributed by atoms with E-state index < -0.39 is 16.4 Å². The monoisotopic (exact) mass is 574 g/mol. The highest BCUT2D eigenvalue weighted by atomic mass is 16.3. The van der Waals surface area contributed by atoms with Crippen LogP contribution in [0.4, 0.5) is 4.79 Å². The molecule has 8 atom stereocenters. The van der Waals surface area contributed by atoms with Gasteiger partial charge in [-0.2, -0.15) is 0 Å². The number of fused-ring (bicyclic) bond motifs is 1. The Morgan fingerprint density at radius 2 is 1.67 bits per heavy atom. The number of carbonyl (C=O) groups is 2. The minimum Gasteiger partial charge on any atom is -0.393 e. The number of carbonyl (C=O) groups excluding carboxylic acids is 2. The Bertz CT molecular complexity index is 1310. The number of aliphatic hydroxyl groups is 2. The molecule has 0 saturated heterocycles. The van der Waals surface area contributed by atoms with Crippen molar-refractivity contribution in [3.05, 3.63) is 59.7 Å². The van der Waals surface area contributed by atoms with Gasteiger partial charge in [0.05, 0.1) is 18.2 Å². The first-order valence-electron chi connectivity index (χ1n) is 16.4. The van der Waals surface area contributed by atoms with E-state index in [2.05, 4.69) is 44.3 Å². The predicted molar refractivity (Wildman–Crippen MR) is 165 cm³/mol. The predicted octanol–water partition coefficient (Wildman–Crippen LogP) is 6.29. The molecule has 2 amide bonds. The second-order valence-corrected chi connectivity index (χ2v) is 15.0. The number of aliphatic hydroxyl groups excluding tert-OH is 1. The average Bonchev–Trinajstić information content (AvgIpc) is 3.22. The van der Waals surface area contributed by atoms with Crippen molar-refractivity contribution in [1.29, 1.82) is 0 Å². The van der Waals surface area contributed by atoms with Crippen LogP contribution in [0.2, 0.25) is 0 Å². The third kappa shape index (κ3) is 3.96. The summed E-state index contributed by atoms with van der Waals surface area (Å²) in [6.07, 6.45) is 13.0. The zero-order valence-electron chi connectivity index (χ0n) is 26.2. The summed E-state index contributed by atoms with van der Waals surface area (Å²) < 4.78 is 0. The van der Waals surface area contributed by atoms with E-state index in [0.29, 0.717) is 31.5 Å². The Kier molecular flexibility index (Phi) is 7.09. The minimum atomic E-state index is -1.05. The molecule has 3 saturated carbocycles. The van der Waals surface area contributed by atoms with Crippen LogP contribution in [0.3, 0.4) is 0 Å². The van der Waals surface area contributed by atoms with Crippen LogP contribution < -0.4 is 5.32 Å². The summed E-state index contributed by atoms with van der Waals surface area (Å²) >= 11 is 0. The van der Waals surface area contributed by atoms with E-state index in [9.17, 15) is 19.8 Å². The van der Waals surface area contributed by atoms with Gasteiger partial charge in [0.25, 0.3) is 0 Å². The first-order chi connectivity index (χ1) is 19.9. The van der Waals surface area contributed by atoms with Crippen molar-refractivity contribution in [3.63, 3.8) is 0 Å². The van der Waals surface area contributed by atoms with E-state index >= 15 is 0 Å². The van der Waals surface area contributed by atoms with Crippen molar-refractivity contribution in [2.45, 2.75) is 104 Å². The Labute approximate surface area is 251 Å². The molecule has 0 aromatic heterocycles. The molecule has 6 nitrogen and oxygen atoms in total. The molecule has 6 heteroatoms. The van der Waals surface area contributed by atoms with Gasteiger partial charge in [-0.1, -0.05) is 69.3 Å².